The van der Waals surface area contributed by atoms with Crippen molar-refractivity contribution < 1.29 is 19.0 Å². The first kappa shape index (κ1) is 20.6. The molecule has 5 heteroatoms. The minimum absolute atomic E-state index is 0.0964. The summed E-state index contributed by atoms with van der Waals surface area (Å²) in [4.78, 5) is 12.7. The number of hydrogen-bond acceptors (Lipinski definition) is 4. The molecule has 2 aromatic carbocycles. The molecule has 0 aromatic heterocycles. The van der Waals surface area contributed by atoms with Gasteiger partial charge < -0.3 is 19.5 Å². The third kappa shape index (κ3) is 5.16. The van der Waals surface area contributed by atoms with Crippen molar-refractivity contribution in [3.8, 4) is 17.2 Å². The molecular formula is C22H29NO4. The van der Waals surface area contributed by atoms with E-state index < -0.39 is 0 Å². The maximum atomic E-state index is 12.7. The van der Waals surface area contributed by atoms with Crippen LogP contribution in [-0.4, -0.2) is 27.2 Å². The molecule has 0 saturated carbocycles. The lowest BCUT2D eigenvalue weighted by Gasteiger charge is -2.17. The van der Waals surface area contributed by atoms with E-state index in [1.54, 1.807) is 33.5 Å². The van der Waals surface area contributed by atoms with Crippen LogP contribution in [0.5, 0.6) is 17.2 Å². The molecule has 0 saturated heterocycles. The Bertz CT molecular complexity index is 743. The number of hydrogen-bond donors (Lipinski definition) is 1. The molecule has 0 fully saturated rings. The van der Waals surface area contributed by atoms with Crippen LogP contribution in [0.25, 0.3) is 0 Å². The Labute approximate surface area is 161 Å². The van der Waals surface area contributed by atoms with Gasteiger partial charge in [-0.3, -0.25) is 4.79 Å². The highest BCUT2D eigenvalue weighted by Gasteiger charge is 2.18. The molecule has 0 heterocycles. The van der Waals surface area contributed by atoms with Crippen molar-refractivity contribution in [2.24, 2.45) is 5.92 Å². The van der Waals surface area contributed by atoms with Crippen molar-refractivity contribution in [3.05, 3.63) is 47.5 Å². The van der Waals surface area contributed by atoms with Crippen LogP contribution >= 0.6 is 0 Å². The first-order valence-corrected chi connectivity index (χ1v) is 9.09. The zero-order chi connectivity index (χ0) is 20.0. The molecule has 0 spiro atoms. The Hall–Kier alpha value is -2.69. The zero-order valence-electron chi connectivity index (χ0n) is 17.0. The monoisotopic (exact) mass is 371 g/mol. The smallest absolute Gasteiger partial charge is 0.231 e. The summed E-state index contributed by atoms with van der Waals surface area (Å²) in [6.07, 6.45) is 1.03. The predicted molar refractivity (Wildman–Crippen MR) is 108 cm³/mol. The van der Waals surface area contributed by atoms with E-state index in [-0.39, 0.29) is 11.8 Å². The van der Waals surface area contributed by atoms with E-state index >= 15 is 0 Å². The summed E-state index contributed by atoms with van der Waals surface area (Å²) in [6.45, 7) is 6.29. The Balaban J connectivity index is 2.16. The van der Waals surface area contributed by atoms with Crippen LogP contribution < -0.4 is 19.5 Å². The summed E-state index contributed by atoms with van der Waals surface area (Å²) in [5.74, 6) is 1.72. The minimum atomic E-state index is -0.280. The van der Waals surface area contributed by atoms with Crippen molar-refractivity contribution in [1.82, 2.24) is 0 Å². The quantitative estimate of drug-likeness (QED) is 0.734. The van der Waals surface area contributed by atoms with Crippen molar-refractivity contribution in [1.29, 1.82) is 0 Å². The third-order valence-corrected chi connectivity index (χ3v) is 4.45. The van der Waals surface area contributed by atoms with Gasteiger partial charge in [0, 0.05) is 17.8 Å². The highest BCUT2D eigenvalue weighted by atomic mass is 16.5. The van der Waals surface area contributed by atoms with E-state index in [9.17, 15) is 4.79 Å². The third-order valence-electron chi connectivity index (χ3n) is 4.45. The molecule has 0 radical (unpaired) electrons. The summed E-state index contributed by atoms with van der Waals surface area (Å²) in [7, 11) is 4.64. The first-order chi connectivity index (χ1) is 12.9. The van der Waals surface area contributed by atoms with E-state index in [0.29, 0.717) is 28.9 Å². The molecule has 27 heavy (non-hydrogen) atoms. The molecule has 0 bridgehead atoms. The fraction of sp³-hybridized carbons (Fsp3) is 0.409. The number of methoxy groups -OCH3 is 3. The second kappa shape index (κ2) is 9.31. The minimum Gasteiger partial charge on any atom is -0.493 e. The summed E-state index contributed by atoms with van der Waals surface area (Å²) in [5.41, 5.74) is 2.86. The molecule has 146 valence electrons. The van der Waals surface area contributed by atoms with Crippen molar-refractivity contribution in [2.75, 3.05) is 26.6 Å². The topological polar surface area (TPSA) is 56.8 Å². The van der Waals surface area contributed by atoms with Crippen LogP contribution in [-0.2, 0) is 11.2 Å². The molecule has 1 N–H and O–H groups in total. The Morgan fingerprint density at radius 3 is 1.93 bits per heavy atom. The second-order valence-electron chi connectivity index (χ2n) is 6.96. The molecule has 5 nitrogen and oxygen atoms in total. The number of carbonyl (C=O) groups is 1. The van der Waals surface area contributed by atoms with Crippen LogP contribution in [0.15, 0.2) is 36.4 Å². The fourth-order valence-electron chi connectivity index (χ4n) is 2.97. The molecule has 1 amide bonds. The zero-order valence-corrected chi connectivity index (χ0v) is 17.0. The number of rotatable bonds is 8. The molecule has 0 aliphatic rings. The predicted octanol–water partition coefficient (Wildman–Crippen LogP) is 4.65. The molecule has 0 aliphatic heterocycles. The molecule has 2 rings (SSSR count). The number of ether oxygens (including phenoxy) is 3. The van der Waals surface area contributed by atoms with Crippen LogP contribution in [0, 0.1) is 5.92 Å². The SMILES string of the molecule is COc1cc(NC(=O)[C@H](C)c2ccc(CC(C)C)cc2)cc(OC)c1OC. The van der Waals surface area contributed by atoms with E-state index in [4.69, 9.17) is 14.2 Å². The van der Waals surface area contributed by atoms with Gasteiger partial charge in [-0.05, 0) is 30.4 Å². The van der Waals surface area contributed by atoms with Gasteiger partial charge in [-0.25, -0.2) is 0 Å². The van der Waals surface area contributed by atoms with E-state index in [2.05, 4.69) is 31.3 Å². The normalized spacial score (nSPS) is 11.8. The van der Waals surface area contributed by atoms with Crippen LogP contribution in [0.2, 0.25) is 0 Å². The lowest BCUT2D eigenvalue weighted by atomic mass is 9.96. The number of benzene rings is 2. The number of anilines is 1. The van der Waals surface area contributed by atoms with Gasteiger partial charge in [0.2, 0.25) is 11.7 Å². The average molecular weight is 371 g/mol. The second-order valence-corrected chi connectivity index (χ2v) is 6.96. The van der Waals surface area contributed by atoms with Gasteiger partial charge in [-0.1, -0.05) is 38.1 Å². The summed E-state index contributed by atoms with van der Waals surface area (Å²) in [5, 5.41) is 2.93. The Morgan fingerprint density at radius 2 is 1.48 bits per heavy atom. The Morgan fingerprint density at radius 1 is 0.926 bits per heavy atom. The summed E-state index contributed by atoms with van der Waals surface area (Å²) < 4.78 is 16.0. The van der Waals surface area contributed by atoms with Gasteiger partial charge in [0.1, 0.15) is 0 Å². The largest absolute Gasteiger partial charge is 0.493 e. The maximum absolute atomic E-state index is 12.7. The van der Waals surface area contributed by atoms with Gasteiger partial charge in [-0.2, -0.15) is 0 Å². The lowest BCUT2D eigenvalue weighted by molar-refractivity contribution is -0.117. The highest BCUT2D eigenvalue weighted by molar-refractivity contribution is 5.96. The number of amides is 1. The number of nitrogens with one attached hydrogen (secondary N) is 1. The molecule has 1 atom stereocenters. The molecular weight excluding hydrogens is 342 g/mol. The van der Waals surface area contributed by atoms with Gasteiger partial charge in [-0.15, -0.1) is 0 Å². The number of carbonyl (C=O) groups excluding carboxylic acids is 1. The first-order valence-electron chi connectivity index (χ1n) is 9.09. The van der Waals surface area contributed by atoms with Crippen LogP contribution in [0.4, 0.5) is 5.69 Å². The van der Waals surface area contributed by atoms with Crippen molar-refractivity contribution in [3.63, 3.8) is 0 Å². The van der Waals surface area contributed by atoms with E-state index in [1.165, 1.54) is 5.56 Å². The van der Waals surface area contributed by atoms with Gasteiger partial charge in [0.25, 0.3) is 0 Å². The highest BCUT2D eigenvalue weighted by Crippen LogP contribution is 2.40. The summed E-state index contributed by atoms with van der Waals surface area (Å²) >= 11 is 0. The van der Waals surface area contributed by atoms with Crippen molar-refractivity contribution in [2.45, 2.75) is 33.1 Å². The Kier molecular flexibility index (Phi) is 7.11. The molecule has 0 aliphatic carbocycles. The van der Waals surface area contributed by atoms with Crippen molar-refractivity contribution >= 4 is 11.6 Å². The van der Waals surface area contributed by atoms with Gasteiger partial charge >= 0.3 is 0 Å². The lowest BCUT2D eigenvalue weighted by Crippen LogP contribution is -2.19. The van der Waals surface area contributed by atoms with Gasteiger partial charge in [0.05, 0.1) is 27.2 Å². The maximum Gasteiger partial charge on any atom is 0.231 e. The van der Waals surface area contributed by atoms with Crippen LogP contribution in [0.1, 0.15) is 37.8 Å². The van der Waals surface area contributed by atoms with Crippen LogP contribution in [0.3, 0.4) is 0 Å². The van der Waals surface area contributed by atoms with Gasteiger partial charge in [0.15, 0.2) is 11.5 Å². The average Bonchev–Trinajstić information content (AvgIpc) is 2.66. The van der Waals surface area contributed by atoms with E-state index in [1.807, 2.05) is 19.1 Å². The molecule has 0 unspecified atom stereocenters. The molecule has 2 aromatic rings. The summed E-state index contributed by atoms with van der Waals surface area (Å²) in [6, 6.07) is 11.7. The van der Waals surface area contributed by atoms with E-state index in [0.717, 1.165) is 12.0 Å². The standard InChI is InChI=1S/C22H29NO4/c1-14(2)11-16-7-9-17(10-8-16)15(3)22(24)23-18-12-19(25-4)21(27-6)20(13-18)26-5/h7-10,12-15H,11H2,1-6H3,(H,23,24)/t15-/m1/s1. The fourth-order valence-corrected chi connectivity index (χ4v) is 2.97.